The molecule has 2 radical (unpaired) electrons. The summed E-state index contributed by atoms with van der Waals surface area (Å²) in [6.45, 7) is 3.65. The van der Waals surface area contributed by atoms with Crippen LogP contribution in [0.2, 0.25) is 0 Å². The summed E-state index contributed by atoms with van der Waals surface area (Å²) in [5, 5.41) is 10.8. The Bertz CT molecular complexity index is 231. The SMILES string of the molecule is [CH2]c1ccc([O])c(OC)c1. The summed E-state index contributed by atoms with van der Waals surface area (Å²) in [5.74, 6) is 0.252. The fourth-order valence-corrected chi connectivity index (χ4v) is 0.712. The van der Waals surface area contributed by atoms with E-state index in [1.54, 1.807) is 12.1 Å². The van der Waals surface area contributed by atoms with Crippen molar-refractivity contribution in [3.8, 4) is 11.5 Å². The highest BCUT2D eigenvalue weighted by atomic mass is 16.5. The number of hydrogen-bond donors (Lipinski definition) is 0. The van der Waals surface area contributed by atoms with Crippen molar-refractivity contribution in [2.45, 2.75) is 0 Å². The molecule has 0 saturated carbocycles. The van der Waals surface area contributed by atoms with Gasteiger partial charge < -0.3 is 4.74 Å². The number of methoxy groups -OCH3 is 1. The van der Waals surface area contributed by atoms with Crippen molar-refractivity contribution in [2.75, 3.05) is 7.11 Å². The Labute approximate surface area is 60.1 Å². The molecular formula is C8H8O2. The Kier molecular flexibility index (Phi) is 1.81. The molecule has 0 aliphatic heterocycles. The molecule has 0 aromatic heterocycles. The predicted molar refractivity (Wildman–Crippen MR) is 37.6 cm³/mol. The van der Waals surface area contributed by atoms with E-state index in [0.717, 1.165) is 5.56 Å². The highest BCUT2D eigenvalue weighted by Gasteiger charge is 2.00. The second-order valence-corrected chi connectivity index (χ2v) is 1.99. The van der Waals surface area contributed by atoms with Gasteiger partial charge in [0.05, 0.1) is 7.11 Å². The lowest BCUT2D eigenvalue weighted by atomic mass is 10.2. The monoisotopic (exact) mass is 136 g/mol. The molecule has 1 aromatic carbocycles. The third-order valence-electron chi connectivity index (χ3n) is 1.23. The molecule has 52 valence electrons. The molecule has 0 aliphatic carbocycles. The van der Waals surface area contributed by atoms with Gasteiger partial charge in [0, 0.05) is 0 Å². The molecule has 0 spiro atoms. The molecule has 0 fully saturated rings. The Morgan fingerprint density at radius 3 is 2.70 bits per heavy atom. The Hall–Kier alpha value is -1.18. The normalized spacial score (nSPS) is 9.40. The van der Waals surface area contributed by atoms with E-state index in [9.17, 15) is 5.11 Å². The lowest BCUT2D eigenvalue weighted by Gasteiger charge is -1.99. The first kappa shape index (κ1) is 6.93. The van der Waals surface area contributed by atoms with E-state index in [4.69, 9.17) is 4.74 Å². The largest absolute Gasteiger partial charge is 0.493 e. The van der Waals surface area contributed by atoms with Crippen molar-refractivity contribution in [1.29, 1.82) is 0 Å². The van der Waals surface area contributed by atoms with Gasteiger partial charge in [0.25, 0.3) is 0 Å². The summed E-state index contributed by atoms with van der Waals surface area (Å²) >= 11 is 0. The van der Waals surface area contributed by atoms with Crippen LogP contribution in [-0.4, -0.2) is 7.11 Å². The lowest BCUT2D eigenvalue weighted by Crippen LogP contribution is -1.82. The minimum absolute atomic E-state index is 0.102. The zero-order valence-electron chi connectivity index (χ0n) is 5.76. The van der Waals surface area contributed by atoms with Crippen molar-refractivity contribution >= 4 is 0 Å². The molecule has 10 heavy (non-hydrogen) atoms. The molecule has 0 bridgehead atoms. The zero-order chi connectivity index (χ0) is 7.56. The molecule has 0 saturated heterocycles. The topological polar surface area (TPSA) is 29.1 Å². The van der Waals surface area contributed by atoms with Crippen LogP contribution in [0.3, 0.4) is 0 Å². The van der Waals surface area contributed by atoms with Crippen LogP contribution < -0.4 is 4.74 Å². The number of hydrogen-bond acceptors (Lipinski definition) is 1. The summed E-state index contributed by atoms with van der Waals surface area (Å²) in [5.41, 5.74) is 0.788. The third-order valence-corrected chi connectivity index (χ3v) is 1.23. The Morgan fingerprint density at radius 2 is 2.20 bits per heavy atom. The van der Waals surface area contributed by atoms with Gasteiger partial charge in [0.15, 0.2) is 5.75 Å². The van der Waals surface area contributed by atoms with E-state index in [0.29, 0.717) is 5.75 Å². The van der Waals surface area contributed by atoms with Gasteiger partial charge in [0.1, 0.15) is 0 Å². The maximum Gasteiger partial charge on any atom is 0.220 e. The minimum atomic E-state index is -0.102. The average Bonchev–Trinajstić information content (AvgIpc) is 1.94. The van der Waals surface area contributed by atoms with Crippen LogP contribution in [-0.2, 0) is 5.11 Å². The van der Waals surface area contributed by atoms with Crippen molar-refractivity contribution < 1.29 is 9.84 Å². The first-order valence-electron chi connectivity index (χ1n) is 2.91. The molecule has 1 rings (SSSR count). The molecule has 1 aromatic rings. The molecule has 0 amide bonds. The van der Waals surface area contributed by atoms with Gasteiger partial charge in [-0.25, -0.2) is 0 Å². The van der Waals surface area contributed by atoms with Crippen molar-refractivity contribution in [2.24, 2.45) is 0 Å². The van der Waals surface area contributed by atoms with Gasteiger partial charge in [-0.1, -0.05) is 6.07 Å². The fraction of sp³-hybridized carbons (Fsp3) is 0.125. The molecule has 0 atom stereocenters. The highest BCUT2D eigenvalue weighted by Crippen LogP contribution is 2.26. The Morgan fingerprint density at radius 1 is 1.50 bits per heavy atom. The molecule has 2 nitrogen and oxygen atoms in total. The van der Waals surface area contributed by atoms with E-state index in [2.05, 4.69) is 6.92 Å². The molecular weight excluding hydrogens is 128 g/mol. The predicted octanol–water partition coefficient (Wildman–Crippen LogP) is 2.02. The smallest absolute Gasteiger partial charge is 0.220 e. The maximum atomic E-state index is 10.8. The molecule has 0 aliphatic rings. The standard InChI is InChI=1S/C8H8O2/c1-6-3-4-7(9)8(5-6)10-2/h3-5H,1H2,2H3. The second kappa shape index (κ2) is 2.60. The first-order valence-corrected chi connectivity index (χ1v) is 2.91. The minimum Gasteiger partial charge on any atom is -0.493 e. The van der Waals surface area contributed by atoms with Gasteiger partial charge in [-0.3, -0.25) is 5.11 Å². The van der Waals surface area contributed by atoms with E-state index in [-0.39, 0.29) is 5.75 Å². The number of rotatable bonds is 1. The van der Waals surface area contributed by atoms with Gasteiger partial charge in [-0.15, -0.1) is 0 Å². The van der Waals surface area contributed by atoms with Crippen LogP contribution >= 0.6 is 0 Å². The molecule has 0 unspecified atom stereocenters. The van der Waals surface area contributed by atoms with Gasteiger partial charge in [-0.2, -0.15) is 0 Å². The van der Waals surface area contributed by atoms with Crippen LogP contribution in [0.25, 0.3) is 0 Å². The van der Waals surface area contributed by atoms with Gasteiger partial charge in [-0.05, 0) is 24.6 Å². The Balaban J connectivity index is 3.09. The van der Waals surface area contributed by atoms with Crippen molar-refractivity contribution in [3.63, 3.8) is 0 Å². The summed E-state index contributed by atoms with van der Waals surface area (Å²) in [6.07, 6.45) is 0. The summed E-state index contributed by atoms with van der Waals surface area (Å²) in [4.78, 5) is 0. The van der Waals surface area contributed by atoms with E-state index < -0.39 is 0 Å². The van der Waals surface area contributed by atoms with Gasteiger partial charge >= 0.3 is 0 Å². The van der Waals surface area contributed by atoms with E-state index >= 15 is 0 Å². The van der Waals surface area contributed by atoms with E-state index in [1.165, 1.54) is 13.2 Å². The fourth-order valence-electron chi connectivity index (χ4n) is 0.712. The lowest BCUT2D eigenvalue weighted by molar-refractivity contribution is 0.315. The molecule has 0 heterocycles. The highest BCUT2D eigenvalue weighted by molar-refractivity contribution is 5.42. The first-order chi connectivity index (χ1) is 4.74. The molecule has 2 heteroatoms. The summed E-state index contributed by atoms with van der Waals surface area (Å²) in [7, 11) is 1.47. The van der Waals surface area contributed by atoms with Crippen molar-refractivity contribution in [3.05, 3.63) is 30.7 Å². The zero-order valence-corrected chi connectivity index (χ0v) is 5.76. The van der Waals surface area contributed by atoms with E-state index in [1.807, 2.05) is 0 Å². The van der Waals surface area contributed by atoms with Crippen LogP contribution in [0.15, 0.2) is 18.2 Å². The quantitative estimate of drug-likeness (QED) is 0.580. The second-order valence-electron chi connectivity index (χ2n) is 1.99. The van der Waals surface area contributed by atoms with Crippen LogP contribution in [0.1, 0.15) is 5.56 Å². The maximum absolute atomic E-state index is 10.8. The number of benzene rings is 1. The third kappa shape index (κ3) is 1.21. The van der Waals surface area contributed by atoms with Crippen LogP contribution in [0.5, 0.6) is 11.5 Å². The number of ether oxygens (including phenoxy) is 1. The van der Waals surface area contributed by atoms with Gasteiger partial charge in [0.2, 0.25) is 5.75 Å². The van der Waals surface area contributed by atoms with Crippen molar-refractivity contribution in [1.82, 2.24) is 0 Å². The summed E-state index contributed by atoms with van der Waals surface area (Å²) in [6, 6.07) is 4.72. The van der Waals surface area contributed by atoms with Crippen LogP contribution in [0.4, 0.5) is 0 Å². The summed E-state index contributed by atoms with van der Waals surface area (Å²) < 4.78 is 4.77. The van der Waals surface area contributed by atoms with Crippen LogP contribution in [0, 0.1) is 6.92 Å². The molecule has 0 N–H and O–H groups in total. The average molecular weight is 136 g/mol.